The highest BCUT2D eigenvalue weighted by Gasteiger charge is 2.24. The Hall–Kier alpha value is -3.48. The van der Waals surface area contributed by atoms with Gasteiger partial charge in [-0.2, -0.15) is 0 Å². The van der Waals surface area contributed by atoms with Crippen LogP contribution in [0.25, 0.3) is 0 Å². The van der Waals surface area contributed by atoms with Crippen LogP contribution in [-0.2, 0) is 24.2 Å². The van der Waals surface area contributed by atoms with Gasteiger partial charge in [0.2, 0.25) is 5.91 Å². The minimum absolute atomic E-state index is 0.194. The molecular formula is C28H33N3O3. The molecule has 2 atom stereocenters. The van der Waals surface area contributed by atoms with Crippen LogP contribution in [0.3, 0.4) is 0 Å². The van der Waals surface area contributed by atoms with Gasteiger partial charge in [-0.1, -0.05) is 72.8 Å². The normalized spacial score (nSPS) is 12.7. The minimum Gasteiger partial charge on any atom is -0.394 e. The Kier molecular flexibility index (Phi) is 9.38. The molecule has 0 aliphatic heterocycles. The molecule has 0 aromatic heterocycles. The van der Waals surface area contributed by atoms with Crippen molar-refractivity contribution in [3.63, 3.8) is 0 Å². The van der Waals surface area contributed by atoms with Crippen LogP contribution in [0.5, 0.6) is 0 Å². The summed E-state index contributed by atoms with van der Waals surface area (Å²) in [6.45, 7) is 0.588. The Labute approximate surface area is 201 Å². The molecule has 0 saturated carbocycles. The molecule has 0 radical (unpaired) electrons. The lowest BCUT2D eigenvalue weighted by molar-refractivity contribution is -0.124. The van der Waals surface area contributed by atoms with Crippen LogP contribution in [0.2, 0.25) is 0 Å². The second-order valence-electron chi connectivity index (χ2n) is 8.73. The number of carbonyl (C=O) groups is 2. The molecule has 178 valence electrons. The first kappa shape index (κ1) is 25.1. The van der Waals surface area contributed by atoms with Crippen LogP contribution in [0, 0.1) is 0 Å². The number of amides is 2. The van der Waals surface area contributed by atoms with Crippen LogP contribution < -0.4 is 10.6 Å². The summed E-state index contributed by atoms with van der Waals surface area (Å²) >= 11 is 0. The number of carbonyl (C=O) groups excluding carboxylic acids is 2. The van der Waals surface area contributed by atoms with Gasteiger partial charge in [0.1, 0.15) is 6.04 Å². The first-order valence-electron chi connectivity index (χ1n) is 11.5. The van der Waals surface area contributed by atoms with E-state index in [0.29, 0.717) is 18.4 Å². The van der Waals surface area contributed by atoms with Gasteiger partial charge in [0.25, 0.3) is 5.91 Å². The largest absolute Gasteiger partial charge is 0.394 e. The summed E-state index contributed by atoms with van der Waals surface area (Å²) in [6, 6.07) is 25.4. The van der Waals surface area contributed by atoms with Crippen LogP contribution in [0.1, 0.15) is 27.0 Å². The van der Waals surface area contributed by atoms with E-state index in [1.54, 1.807) is 12.1 Å². The molecule has 2 amide bonds. The van der Waals surface area contributed by atoms with E-state index in [1.165, 1.54) is 0 Å². The van der Waals surface area contributed by atoms with Gasteiger partial charge in [-0.15, -0.1) is 0 Å². The molecule has 0 spiro atoms. The third kappa shape index (κ3) is 7.83. The highest BCUT2D eigenvalue weighted by atomic mass is 16.3. The first-order valence-corrected chi connectivity index (χ1v) is 11.5. The second-order valence-corrected chi connectivity index (χ2v) is 8.73. The van der Waals surface area contributed by atoms with Gasteiger partial charge < -0.3 is 20.6 Å². The van der Waals surface area contributed by atoms with E-state index in [4.69, 9.17) is 0 Å². The lowest BCUT2D eigenvalue weighted by atomic mass is 10.0. The average molecular weight is 460 g/mol. The number of hydrogen-bond acceptors (Lipinski definition) is 4. The lowest BCUT2D eigenvalue weighted by Crippen LogP contribution is -2.52. The van der Waals surface area contributed by atoms with Crippen LogP contribution in [-0.4, -0.2) is 54.6 Å². The third-order valence-corrected chi connectivity index (χ3v) is 5.51. The molecule has 3 aromatic rings. The molecule has 3 N–H and O–H groups in total. The number of nitrogens with one attached hydrogen (secondary N) is 2. The van der Waals surface area contributed by atoms with Gasteiger partial charge in [0.05, 0.1) is 12.6 Å². The van der Waals surface area contributed by atoms with Crippen molar-refractivity contribution in [1.29, 1.82) is 0 Å². The Morgan fingerprint density at radius 2 is 1.32 bits per heavy atom. The fraction of sp³-hybridized carbons (Fsp3) is 0.286. The number of hydrogen-bond donors (Lipinski definition) is 3. The standard InChI is InChI=1S/C28H33N3O3/c1-31(2)19-23-13-15-24(16-14-23)27(33)30-26(18-22-11-7-4-8-12-22)28(34)29-25(20-32)17-21-9-5-3-6-10-21/h3-16,25-26,32H,17-20H2,1-2H3,(H,29,34)(H,30,33)/t25-,26-/m0/s1. The quantitative estimate of drug-likeness (QED) is 0.412. The third-order valence-electron chi connectivity index (χ3n) is 5.51. The van der Waals surface area contributed by atoms with Crippen molar-refractivity contribution in [2.24, 2.45) is 0 Å². The number of aliphatic hydroxyl groups is 1. The van der Waals surface area contributed by atoms with Gasteiger partial charge in [-0.25, -0.2) is 0 Å². The van der Waals surface area contributed by atoms with E-state index < -0.39 is 12.1 Å². The van der Waals surface area contributed by atoms with Gasteiger partial charge in [0.15, 0.2) is 0 Å². The Balaban J connectivity index is 1.72. The summed E-state index contributed by atoms with van der Waals surface area (Å²) in [5, 5.41) is 15.7. The summed E-state index contributed by atoms with van der Waals surface area (Å²) < 4.78 is 0. The Bertz CT molecular complexity index is 1040. The van der Waals surface area contributed by atoms with Crippen molar-refractivity contribution in [3.05, 3.63) is 107 Å². The number of nitrogens with zero attached hydrogens (tertiary/aromatic N) is 1. The van der Waals surface area contributed by atoms with Crippen molar-refractivity contribution < 1.29 is 14.7 Å². The number of benzene rings is 3. The Morgan fingerprint density at radius 1 is 0.765 bits per heavy atom. The lowest BCUT2D eigenvalue weighted by Gasteiger charge is -2.23. The van der Waals surface area contributed by atoms with Gasteiger partial charge in [-0.3, -0.25) is 9.59 Å². The maximum absolute atomic E-state index is 13.2. The zero-order valence-corrected chi connectivity index (χ0v) is 19.8. The molecule has 34 heavy (non-hydrogen) atoms. The smallest absolute Gasteiger partial charge is 0.251 e. The molecule has 3 rings (SSSR count). The summed E-state index contributed by atoms with van der Waals surface area (Å²) in [6.07, 6.45) is 0.850. The highest BCUT2D eigenvalue weighted by Crippen LogP contribution is 2.10. The Morgan fingerprint density at radius 3 is 1.85 bits per heavy atom. The highest BCUT2D eigenvalue weighted by molar-refractivity contribution is 5.97. The van der Waals surface area contributed by atoms with Crippen molar-refractivity contribution in [2.75, 3.05) is 20.7 Å². The average Bonchev–Trinajstić information content (AvgIpc) is 2.84. The molecule has 0 aliphatic carbocycles. The summed E-state index contributed by atoms with van der Waals surface area (Å²) in [7, 11) is 3.98. The van der Waals surface area contributed by atoms with E-state index in [0.717, 1.165) is 23.2 Å². The predicted octanol–water partition coefficient (Wildman–Crippen LogP) is 2.81. The fourth-order valence-corrected chi connectivity index (χ4v) is 3.79. The van der Waals surface area contributed by atoms with E-state index in [2.05, 4.69) is 15.5 Å². The van der Waals surface area contributed by atoms with Gasteiger partial charge in [-0.05, 0) is 49.3 Å². The molecule has 0 aliphatic rings. The number of rotatable bonds is 11. The zero-order chi connectivity index (χ0) is 24.3. The van der Waals surface area contributed by atoms with Crippen LogP contribution in [0.4, 0.5) is 0 Å². The molecule has 6 heteroatoms. The van der Waals surface area contributed by atoms with E-state index in [-0.39, 0.29) is 18.4 Å². The van der Waals surface area contributed by atoms with E-state index in [9.17, 15) is 14.7 Å². The minimum atomic E-state index is -0.777. The monoisotopic (exact) mass is 459 g/mol. The molecular weight excluding hydrogens is 426 g/mol. The molecule has 0 unspecified atom stereocenters. The number of aliphatic hydroxyl groups excluding tert-OH is 1. The molecule has 3 aromatic carbocycles. The molecule has 0 saturated heterocycles. The fourth-order valence-electron chi connectivity index (χ4n) is 3.79. The second kappa shape index (κ2) is 12.7. The van der Waals surface area contributed by atoms with Crippen molar-refractivity contribution in [3.8, 4) is 0 Å². The summed E-state index contributed by atoms with van der Waals surface area (Å²) in [5.74, 6) is -0.632. The van der Waals surface area contributed by atoms with Gasteiger partial charge in [0, 0.05) is 18.5 Å². The SMILES string of the molecule is CN(C)Cc1ccc(C(=O)N[C@@H](Cc2ccccc2)C(=O)N[C@H](CO)Cc2ccccc2)cc1. The van der Waals surface area contributed by atoms with E-state index >= 15 is 0 Å². The topological polar surface area (TPSA) is 81.7 Å². The van der Waals surface area contributed by atoms with Crippen molar-refractivity contribution >= 4 is 11.8 Å². The van der Waals surface area contributed by atoms with E-state index in [1.807, 2.05) is 86.9 Å². The van der Waals surface area contributed by atoms with Crippen molar-refractivity contribution in [1.82, 2.24) is 15.5 Å². The molecule has 0 fully saturated rings. The summed E-state index contributed by atoms with van der Waals surface area (Å²) in [4.78, 5) is 28.2. The molecule has 6 nitrogen and oxygen atoms in total. The first-order chi connectivity index (χ1) is 16.4. The van der Waals surface area contributed by atoms with Gasteiger partial charge >= 0.3 is 0 Å². The predicted molar refractivity (Wildman–Crippen MR) is 134 cm³/mol. The van der Waals surface area contributed by atoms with Crippen LogP contribution >= 0.6 is 0 Å². The maximum atomic E-state index is 13.2. The molecule has 0 bridgehead atoms. The summed E-state index contributed by atoms with van der Waals surface area (Å²) in [5.41, 5.74) is 3.55. The van der Waals surface area contributed by atoms with Crippen molar-refractivity contribution in [2.45, 2.75) is 31.5 Å². The van der Waals surface area contributed by atoms with Crippen LogP contribution in [0.15, 0.2) is 84.9 Å². The maximum Gasteiger partial charge on any atom is 0.251 e. The molecule has 0 heterocycles. The zero-order valence-electron chi connectivity index (χ0n) is 19.8.